The topological polar surface area (TPSA) is 77.0 Å². The van der Waals surface area contributed by atoms with Gasteiger partial charge in [0.2, 0.25) is 0 Å². The van der Waals surface area contributed by atoms with Gasteiger partial charge in [0.1, 0.15) is 12.4 Å². The van der Waals surface area contributed by atoms with Crippen molar-refractivity contribution in [2.24, 2.45) is 0 Å². The molecule has 0 aliphatic rings. The van der Waals surface area contributed by atoms with Crippen LogP contribution in [0.5, 0.6) is 17.2 Å². The maximum atomic E-state index is 11.3. The molecule has 0 unspecified atom stereocenters. The van der Waals surface area contributed by atoms with Crippen LogP contribution in [0, 0.1) is 0 Å². The molecule has 9 heteroatoms. The zero-order valence-corrected chi connectivity index (χ0v) is 21.1. The zero-order valence-electron chi connectivity index (χ0n) is 18.0. The molecule has 0 aliphatic heterocycles. The molecule has 33 heavy (non-hydrogen) atoms. The van der Waals surface area contributed by atoms with Gasteiger partial charge in [-0.2, -0.15) is 0 Å². The highest BCUT2D eigenvalue weighted by Gasteiger charge is 2.14. The Hall–Kier alpha value is -2.61. The van der Waals surface area contributed by atoms with Crippen molar-refractivity contribution < 1.29 is 24.1 Å². The van der Waals surface area contributed by atoms with E-state index in [2.05, 4.69) is 21.2 Å². The average Bonchev–Trinajstić information content (AvgIpc) is 2.79. The summed E-state index contributed by atoms with van der Waals surface area (Å²) in [5.41, 5.74) is 2.51. The molecule has 3 rings (SSSR count). The lowest BCUT2D eigenvalue weighted by atomic mass is 10.1. The molecule has 0 amide bonds. The number of carboxylic acids is 1. The van der Waals surface area contributed by atoms with Crippen LogP contribution in [0.15, 0.2) is 53.0 Å². The summed E-state index contributed by atoms with van der Waals surface area (Å²) >= 11 is 15.6. The Kier molecular flexibility index (Phi) is 8.72. The largest absolute Gasteiger partial charge is 0.495 e. The molecule has 3 aromatic carbocycles. The van der Waals surface area contributed by atoms with E-state index < -0.39 is 5.97 Å². The number of halogens is 3. The van der Waals surface area contributed by atoms with E-state index in [-0.39, 0.29) is 12.2 Å². The van der Waals surface area contributed by atoms with Gasteiger partial charge < -0.3 is 24.6 Å². The van der Waals surface area contributed by atoms with Crippen molar-refractivity contribution in [1.82, 2.24) is 0 Å². The molecule has 0 fully saturated rings. The van der Waals surface area contributed by atoms with Gasteiger partial charge in [0, 0.05) is 6.54 Å². The lowest BCUT2D eigenvalue weighted by Crippen LogP contribution is -2.06. The normalized spacial score (nSPS) is 10.6. The quantitative estimate of drug-likeness (QED) is 0.279. The van der Waals surface area contributed by atoms with E-state index in [1.54, 1.807) is 18.2 Å². The molecule has 0 atom stereocenters. The van der Waals surface area contributed by atoms with E-state index in [0.717, 1.165) is 15.6 Å². The molecular weight excluding hydrogens is 533 g/mol. The van der Waals surface area contributed by atoms with Crippen molar-refractivity contribution in [1.29, 1.82) is 0 Å². The molecule has 2 N–H and O–H groups in total. The minimum Gasteiger partial charge on any atom is -0.495 e. The molecule has 0 saturated carbocycles. The first kappa shape index (κ1) is 25.0. The minimum atomic E-state index is -1.01. The highest BCUT2D eigenvalue weighted by Crippen LogP contribution is 2.38. The van der Waals surface area contributed by atoms with Crippen LogP contribution in [0.3, 0.4) is 0 Å². The van der Waals surface area contributed by atoms with Crippen molar-refractivity contribution in [3.8, 4) is 17.2 Å². The second-order valence-electron chi connectivity index (χ2n) is 6.95. The number of anilines is 1. The van der Waals surface area contributed by atoms with E-state index in [4.69, 9.17) is 37.4 Å². The molecule has 0 bridgehead atoms. The van der Waals surface area contributed by atoms with Gasteiger partial charge in [-0.25, -0.2) is 4.79 Å². The van der Waals surface area contributed by atoms with Crippen LogP contribution in [0.25, 0.3) is 0 Å². The lowest BCUT2D eigenvalue weighted by molar-refractivity contribution is 0.0697. The zero-order chi connectivity index (χ0) is 24.0. The van der Waals surface area contributed by atoms with Gasteiger partial charge in [0.15, 0.2) is 11.5 Å². The third-order valence-corrected chi connectivity index (χ3v) is 5.99. The van der Waals surface area contributed by atoms with E-state index in [9.17, 15) is 9.90 Å². The first-order valence-corrected chi connectivity index (χ1v) is 11.5. The van der Waals surface area contributed by atoms with Crippen LogP contribution in [0.2, 0.25) is 10.0 Å². The molecule has 0 radical (unpaired) electrons. The number of rotatable bonds is 10. The summed E-state index contributed by atoms with van der Waals surface area (Å²) in [5.74, 6) is 0.684. The highest BCUT2D eigenvalue weighted by atomic mass is 79.9. The van der Waals surface area contributed by atoms with Gasteiger partial charge >= 0.3 is 5.97 Å². The standard InChI is InChI=1S/C24H22BrCl2NO5/c1-3-32-22-10-15(12-28-20-11-16(24(29)30)5-7-21(20)31-2)8-17(25)23(22)33-13-14-4-6-18(26)19(27)9-14/h4-11,28H,3,12-13H2,1-2H3,(H,29,30). The van der Waals surface area contributed by atoms with Gasteiger partial charge in [-0.05, 0) is 76.4 Å². The first-order chi connectivity index (χ1) is 15.8. The molecule has 0 aromatic heterocycles. The van der Waals surface area contributed by atoms with Crippen LogP contribution in [-0.4, -0.2) is 24.8 Å². The predicted molar refractivity (Wildman–Crippen MR) is 133 cm³/mol. The second kappa shape index (κ2) is 11.5. The van der Waals surface area contributed by atoms with Crippen molar-refractivity contribution in [2.75, 3.05) is 19.0 Å². The highest BCUT2D eigenvalue weighted by molar-refractivity contribution is 9.10. The van der Waals surface area contributed by atoms with Crippen LogP contribution in [0.1, 0.15) is 28.4 Å². The summed E-state index contributed by atoms with van der Waals surface area (Å²) in [5, 5.41) is 13.4. The van der Waals surface area contributed by atoms with Gasteiger partial charge in [-0.3, -0.25) is 0 Å². The lowest BCUT2D eigenvalue weighted by Gasteiger charge is -2.17. The number of carboxylic acid groups (broad SMARTS) is 1. The monoisotopic (exact) mass is 553 g/mol. The number of nitrogens with one attached hydrogen (secondary N) is 1. The van der Waals surface area contributed by atoms with E-state index in [0.29, 0.717) is 46.1 Å². The minimum absolute atomic E-state index is 0.167. The van der Waals surface area contributed by atoms with E-state index >= 15 is 0 Å². The van der Waals surface area contributed by atoms with Crippen molar-refractivity contribution in [3.63, 3.8) is 0 Å². The maximum Gasteiger partial charge on any atom is 0.335 e. The Bertz CT molecular complexity index is 1160. The summed E-state index contributed by atoms with van der Waals surface area (Å²) in [6.45, 7) is 3.04. The van der Waals surface area contributed by atoms with Crippen LogP contribution in [0.4, 0.5) is 5.69 Å². The van der Waals surface area contributed by atoms with Gasteiger partial charge in [0.25, 0.3) is 0 Å². The Morgan fingerprint density at radius 3 is 2.45 bits per heavy atom. The van der Waals surface area contributed by atoms with Gasteiger partial charge in [-0.15, -0.1) is 0 Å². The number of aromatic carboxylic acids is 1. The fourth-order valence-electron chi connectivity index (χ4n) is 3.09. The third kappa shape index (κ3) is 6.47. The number of carbonyl (C=O) groups is 1. The summed E-state index contributed by atoms with van der Waals surface area (Å²) in [6, 6.07) is 13.8. The Morgan fingerprint density at radius 1 is 1.00 bits per heavy atom. The van der Waals surface area contributed by atoms with Gasteiger partial charge in [-0.1, -0.05) is 29.3 Å². The molecule has 0 spiro atoms. The number of ether oxygens (including phenoxy) is 3. The SMILES string of the molecule is CCOc1cc(CNc2cc(C(=O)O)ccc2OC)cc(Br)c1OCc1ccc(Cl)c(Cl)c1. The van der Waals surface area contributed by atoms with Crippen LogP contribution < -0.4 is 19.5 Å². The Labute approximate surface area is 210 Å². The number of methoxy groups -OCH3 is 1. The smallest absolute Gasteiger partial charge is 0.335 e. The molecule has 0 saturated heterocycles. The third-order valence-electron chi connectivity index (χ3n) is 4.67. The Balaban J connectivity index is 1.80. The summed E-state index contributed by atoms with van der Waals surface area (Å²) in [4.78, 5) is 11.3. The molecular formula is C24H22BrCl2NO5. The average molecular weight is 555 g/mol. The second-order valence-corrected chi connectivity index (χ2v) is 8.62. The fourth-order valence-corrected chi connectivity index (χ4v) is 4.01. The Morgan fingerprint density at radius 2 is 1.79 bits per heavy atom. The van der Waals surface area contributed by atoms with Crippen molar-refractivity contribution in [3.05, 3.63) is 79.7 Å². The van der Waals surface area contributed by atoms with Crippen LogP contribution in [-0.2, 0) is 13.2 Å². The van der Waals surface area contributed by atoms with Gasteiger partial charge in [0.05, 0.1) is 39.5 Å². The summed E-state index contributed by atoms with van der Waals surface area (Å²) in [7, 11) is 1.53. The molecule has 0 aliphatic carbocycles. The van der Waals surface area contributed by atoms with Crippen LogP contribution >= 0.6 is 39.1 Å². The van der Waals surface area contributed by atoms with E-state index in [1.807, 2.05) is 25.1 Å². The molecule has 3 aromatic rings. The predicted octanol–water partition coefficient (Wildman–Crippen LogP) is 7.05. The molecule has 0 heterocycles. The number of hydrogen-bond donors (Lipinski definition) is 2. The summed E-state index contributed by atoms with van der Waals surface area (Å²) in [6.07, 6.45) is 0. The van der Waals surface area contributed by atoms with E-state index in [1.165, 1.54) is 19.2 Å². The summed E-state index contributed by atoms with van der Waals surface area (Å²) < 4.78 is 17.9. The fraction of sp³-hybridized carbons (Fsp3) is 0.208. The first-order valence-electron chi connectivity index (χ1n) is 9.99. The van der Waals surface area contributed by atoms with Crippen molar-refractivity contribution in [2.45, 2.75) is 20.1 Å². The number of hydrogen-bond acceptors (Lipinski definition) is 5. The number of benzene rings is 3. The van der Waals surface area contributed by atoms with Crippen molar-refractivity contribution >= 4 is 50.8 Å². The molecule has 174 valence electrons. The maximum absolute atomic E-state index is 11.3. The molecule has 6 nitrogen and oxygen atoms in total.